The van der Waals surface area contributed by atoms with Gasteiger partial charge in [0.2, 0.25) is 6.17 Å². The highest BCUT2D eigenvalue weighted by atomic mass is 35.5. The molecule has 0 fully saturated rings. The molecular formula is C16H24ClN3O2. The lowest BCUT2D eigenvalue weighted by Gasteiger charge is -2.21. The number of benzene rings is 1. The van der Waals surface area contributed by atoms with Gasteiger partial charge in [0.15, 0.2) is 6.73 Å². The number of rotatable bonds is 8. The zero-order valence-corrected chi connectivity index (χ0v) is 13.6. The molecule has 2 rings (SSSR count). The molecule has 22 heavy (non-hydrogen) atoms. The zero-order valence-electron chi connectivity index (χ0n) is 12.9. The number of nitrogens with zero attached hydrogens (tertiary/aromatic N) is 2. The molecule has 1 aliphatic rings. The number of unbranched alkanes of at least 4 members (excludes halogenated alkanes) is 1. The van der Waals surface area contributed by atoms with E-state index < -0.39 is 0 Å². The Morgan fingerprint density at radius 2 is 2.09 bits per heavy atom. The number of ether oxygens (including phenoxy) is 1. The largest absolute Gasteiger partial charge is 1.00 e. The van der Waals surface area contributed by atoms with Crippen molar-refractivity contribution >= 4 is 6.21 Å². The van der Waals surface area contributed by atoms with Gasteiger partial charge in [-0.15, -0.1) is 0 Å². The Hall–Kier alpha value is -1.56. The first-order valence-corrected chi connectivity index (χ1v) is 7.36. The van der Waals surface area contributed by atoms with E-state index in [2.05, 4.69) is 29.4 Å². The van der Waals surface area contributed by atoms with Crippen LogP contribution in [-0.4, -0.2) is 42.9 Å². The van der Waals surface area contributed by atoms with E-state index in [1.807, 2.05) is 30.4 Å². The Labute approximate surface area is 138 Å². The van der Waals surface area contributed by atoms with Gasteiger partial charge in [-0.25, -0.2) is 0 Å². The Morgan fingerprint density at radius 3 is 2.82 bits per heavy atom. The molecule has 0 saturated heterocycles. The van der Waals surface area contributed by atoms with Crippen LogP contribution in [0.25, 0.3) is 0 Å². The van der Waals surface area contributed by atoms with Crippen LogP contribution in [0.5, 0.6) is 0 Å². The van der Waals surface area contributed by atoms with Crippen molar-refractivity contribution in [1.82, 2.24) is 4.90 Å². The third kappa shape index (κ3) is 5.67. The van der Waals surface area contributed by atoms with Crippen LogP contribution in [0.15, 0.2) is 47.9 Å². The maximum absolute atomic E-state index is 8.67. The van der Waals surface area contributed by atoms with Gasteiger partial charge >= 0.3 is 0 Å². The van der Waals surface area contributed by atoms with Crippen molar-refractivity contribution in [3.05, 3.63) is 48.3 Å². The number of hydrogen-bond acceptors (Lipinski definition) is 4. The fraction of sp³-hybridized carbons (Fsp3) is 0.438. The van der Waals surface area contributed by atoms with Crippen LogP contribution in [0.3, 0.4) is 0 Å². The lowest BCUT2D eigenvalue weighted by Crippen LogP contribution is -3.12. The van der Waals surface area contributed by atoms with E-state index in [1.54, 1.807) is 0 Å². The molecule has 1 aliphatic heterocycles. The predicted molar refractivity (Wildman–Crippen MR) is 82.1 cm³/mol. The van der Waals surface area contributed by atoms with E-state index in [4.69, 9.17) is 9.94 Å². The molecule has 0 amide bonds. The molecule has 1 heterocycles. The maximum atomic E-state index is 8.67. The highest BCUT2D eigenvalue weighted by Gasteiger charge is 2.27. The number of oxime groups is 1. The molecule has 0 bridgehead atoms. The molecule has 0 saturated carbocycles. The van der Waals surface area contributed by atoms with Gasteiger partial charge < -0.3 is 27.3 Å². The van der Waals surface area contributed by atoms with Crippen molar-refractivity contribution in [3.8, 4) is 0 Å². The molecule has 0 spiro atoms. The zero-order chi connectivity index (χ0) is 14.9. The van der Waals surface area contributed by atoms with Crippen LogP contribution in [0.2, 0.25) is 0 Å². The van der Waals surface area contributed by atoms with E-state index in [-0.39, 0.29) is 18.6 Å². The van der Waals surface area contributed by atoms with E-state index in [1.165, 1.54) is 11.8 Å². The second-order valence-electron chi connectivity index (χ2n) is 5.26. The summed E-state index contributed by atoms with van der Waals surface area (Å²) in [5.74, 6) is 0. The van der Waals surface area contributed by atoms with Crippen LogP contribution >= 0.6 is 0 Å². The van der Waals surface area contributed by atoms with Crippen molar-refractivity contribution < 1.29 is 27.3 Å². The first-order chi connectivity index (χ1) is 10.3. The minimum Gasteiger partial charge on any atom is -1.00 e. The summed E-state index contributed by atoms with van der Waals surface area (Å²) in [5.41, 5.74) is 1.38. The number of aryl methyl sites for hydroxylation is 1. The van der Waals surface area contributed by atoms with Crippen molar-refractivity contribution in [2.75, 3.05) is 20.4 Å². The van der Waals surface area contributed by atoms with Crippen LogP contribution in [0.1, 0.15) is 18.4 Å². The first kappa shape index (κ1) is 18.5. The predicted octanol–water partition coefficient (Wildman–Crippen LogP) is -1.92. The summed E-state index contributed by atoms with van der Waals surface area (Å²) in [7, 11) is 1.95. The molecule has 0 radical (unpaired) electrons. The van der Waals surface area contributed by atoms with Gasteiger partial charge in [0.25, 0.3) is 0 Å². The SMILES string of the molecule is CN1C=C[NH+](COCCCCc2ccccc2)C1/C=N\O.[Cl-]. The minimum atomic E-state index is 0. The molecule has 2 N–H and O–H groups in total. The average molecular weight is 326 g/mol. The molecule has 0 aliphatic carbocycles. The summed E-state index contributed by atoms with van der Waals surface area (Å²) in [6, 6.07) is 10.5. The molecule has 2 atom stereocenters. The molecule has 1 aromatic rings. The van der Waals surface area contributed by atoms with Crippen LogP contribution in [-0.2, 0) is 11.2 Å². The summed E-state index contributed by atoms with van der Waals surface area (Å²) < 4.78 is 5.72. The third-order valence-electron chi connectivity index (χ3n) is 3.67. The van der Waals surface area contributed by atoms with Gasteiger partial charge in [-0.2, -0.15) is 0 Å². The molecule has 122 valence electrons. The first-order valence-electron chi connectivity index (χ1n) is 7.36. The number of nitrogens with one attached hydrogen (secondary N) is 1. The molecular weight excluding hydrogens is 302 g/mol. The molecule has 0 aromatic heterocycles. The average Bonchev–Trinajstić information content (AvgIpc) is 2.85. The number of halogens is 1. The van der Waals surface area contributed by atoms with Crippen LogP contribution in [0, 0.1) is 0 Å². The summed E-state index contributed by atoms with van der Waals surface area (Å²) in [4.78, 5) is 3.12. The molecule has 5 nitrogen and oxygen atoms in total. The van der Waals surface area contributed by atoms with Gasteiger partial charge in [-0.1, -0.05) is 35.5 Å². The monoisotopic (exact) mass is 325 g/mol. The van der Waals surface area contributed by atoms with Crippen molar-refractivity contribution in [2.24, 2.45) is 5.16 Å². The lowest BCUT2D eigenvalue weighted by molar-refractivity contribution is -0.885. The third-order valence-corrected chi connectivity index (χ3v) is 3.67. The van der Waals surface area contributed by atoms with E-state index in [0.717, 1.165) is 30.8 Å². The van der Waals surface area contributed by atoms with Crippen molar-refractivity contribution in [1.29, 1.82) is 0 Å². The molecule has 1 aromatic carbocycles. The van der Waals surface area contributed by atoms with Gasteiger partial charge in [0, 0.05) is 7.05 Å². The highest BCUT2D eigenvalue weighted by Crippen LogP contribution is 2.04. The van der Waals surface area contributed by atoms with Gasteiger partial charge in [0.05, 0.1) is 12.8 Å². The summed E-state index contributed by atoms with van der Waals surface area (Å²) in [6.07, 6.45) is 8.82. The van der Waals surface area contributed by atoms with E-state index in [0.29, 0.717) is 6.73 Å². The lowest BCUT2D eigenvalue weighted by atomic mass is 10.1. The minimum absolute atomic E-state index is 0. The second-order valence-corrected chi connectivity index (χ2v) is 5.26. The van der Waals surface area contributed by atoms with Gasteiger partial charge in [-0.3, -0.25) is 4.90 Å². The Bertz CT molecular complexity index is 468. The molecule has 2 unspecified atom stereocenters. The number of quaternary nitrogens is 1. The summed E-state index contributed by atoms with van der Waals surface area (Å²) in [6.45, 7) is 1.35. The summed E-state index contributed by atoms with van der Waals surface area (Å²) >= 11 is 0. The van der Waals surface area contributed by atoms with Crippen molar-refractivity contribution in [3.63, 3.8) is 0 Å². The van der Waals surface area contributed by atoms with E-state index in [9.17, 15) is 0 Å². The Morgan fingerprint density at radius 1 is 1.32 bits per heavy atom. The fourth-order valence-electron chi connectivity index (χ4n) is 2.43. The van der Waals surface area contributed by atoms with Gasteiger partial charge in [-0.05, 0) is 24.8 Å². The number of hydrogen-bond donors (Lipinski definition) is 2. The van der Waals surface area contributed by atoms with Gasteiger partial charge in [0.1, 0.15) is 12.4 Å². The maximum Gasteiger partial charge on any atom is 0.209 e. The fourth-order valence-corrected chi connectivity index (χ4v) is 2.43. The quantitative estimate of drug-likeness (QED) is 0.253. The van der Waals surface area contributed by atoms with Crippen molar-refractivity contribution in [2.45, 2.75) is 25.4 Å². The normalized spacial score (nSPS) is 20.5. The van der Waals surface area contributed by atoms with E-state index >= 15 is 0 Å². The van der Waals surface area contributed by atoms with Crippen LogP contribution in [0.4, 0.5) is 0 Å². The molecule has 6 heteroatoms. The Balaban J connectivity index is 0.00000242. The Kier molecular flexibility index (Phi) is 8.58. The smallest absolute Gasteiger partial charge is 0.209 e. The second kappa shape index (κ2) is 10.2. The highest BCUT2D eigenvalue weighted by molar-refractivity contribution is 5.61. The standard InChI is InChI=1S/C16H23N3O2.ClH/c1-18-10-11-19(16(18)13-17-20)14-21-12-6-5-9-15-7-3-2-4-8-15;/h2-4,7-8,10-11,13,16,20H,5-6,9,12,14H2,1H3;1H/b17-13-;. The van der Waals surface area contributed by atoms with Crippen LogP contribution < -0.4 is 17.3 Å². The topological polar surface area (TPSA) is 49.5 Å². The summed E-state index contributed by atoms with van der Waals surface area (Å²) in [5, 5.41) is 11.8.